The Bertz CT molecular complexity index is 126. The summed E-state index contributed by atoms with van der Waals surface area (Å²) in [5.74, 6) is 0. The van der Waals surface area contributed by atoms with Crippen LogP contribution in [0.15, 0.2) is 12.7 Å². The summed E-state index contributed by atoms with van der Waals surface area (Å²) in [6, 6.07) is 0. The van der Waals surface area contributed by atoms with Crippen LogP contribution in [0.5, 0.6) is 0 Å². The maximum absolute atomic E-state index is 5.59. The lowest BCUT2D eigenvalue weighted by Gasteiger charge is -2.34. The monoisotopic (exact) mass is 155 g/mol. The molecular weight excluding hydrogens is 138 g/mol. The van der Waals surface area contributed by atoms with Crippen LogP contribution in [0.1, 0.15) is 13.8 Å². The van der Waals surface area contributed by atoms with E-state index in [9.17, 15) is 0 Å². The van der Waals surface area contributed by atoms with E-state index in [1.807, 2.05) is 6.08 Å². The van der Waals surface area contributed by atoms with Crippen molar-refractivity contribution in [1.82, 2.24) is 4.90 Å². The molecule has 0 amide bonds. The third-order valence-electron chi connectivity index (χ3n) is 1.88. The van der Waals surface area contributed by atoms with Gasteiger partial charge in [-0.15, -0.1) is 6.58 Å². The average molecular weight is 155 g/mol. The highest BCUT2D eigenvalue weighted by Crippen LogP contribution is 2.09. The van der Waals surface area contributed by atoms with E-state index >= 15 is 0 Å². The molecule has 0 aromatic heterocycles. The van der Waals surface area contributed by atoms with Gasteiger partial charge in [-0.1, -0.05) is 6.08 Å². The molecule has 64 valence electrons. The molecule has 0 saturated carbocycles. The summed E-state index contributed by atoms with van der Waals surface area (Å²) in [6.45, 7) is 11.0. The molecule has 0 unspecified atom stereocenters. The number of ether oxygens (including phenoxy) is 1. The van der Waals surface area contributed by atoms with Crippen molar-refractivity contribution in [3.63, 3.8) is 0 Å². The van der Waals surface area contributed by atoms with Gasteiger partial charge in [0.25, 0.3) is 0 Å². The maximum Gasteiger partial charge on any atom is 0.0678 e. The van der Waals surface area contributed by atoms with Crippen molar-refractivity contribution < 1.29 is 4.74 Å². The molecule has 0 aromatic carbocycles. The third kappa shape index (κ3) is 2.64. The van der Waals surface area contributed by atoms with Gasteiger partial charge in [0.2, 0.25) is 0 Å². The van der Waals surface area contributed by atoms with Crippen molar-refractivity contribution in [2.24, 2.45) is 0 Å². The first kappa shape index (κ1) is 8.75. The van der Waals surface area contributed by atoms with Crippen molar-refractivity contribution in [1.29, 1.82) is 0 Å². The minimum atomic E-state index is 0.374. The molecule has 1 fully saturated rings. The average Bonchev–Trinajstić information content (AvgIpc) is 1.85. The molecule has 1 aliphatic heterocycles. The van der Waals surface area contributed by atoms with Crippen LogP contribution < -0.4 is 0 Å². The van der Waals surface area contributed by atoms with Gasteiger partial charge < -0.3 is 4.74 Å². The first-order valence-corrected chi connectivity index (χ1v) is 4.21. The van der Waals surface area contributed by atoms with Gasteiger partial charge in [0.15, 0.2) is 0 Å². The molecule has 2 heteroatoms. The van der Waals surface area contributed by atoms with Gasteiger partial charge in [-0.3, -0.25) is 4.90 Å². The topological polar surface area (TPSA) is 12.5 Å². The van der Waals surface area contributed by atoms with Crippen LogP contribution in [0.25, 0.3) is 0 Å². The normalized spacial score (nSPS) is 33.6. The van der Waals surface area contributed by atoms with Crippen molar-refractivity contribution in [3.8, 4) is 0 Å². The van der Waals surface area contributed by atoms with Crippen molar-refractivity contribution in [2.75, 3.05) is 19.6 Å². The Morgan fingerprint density at radius 3 is 2.45 bits per heavy atom. The van der Waals surface area contributed by atoms with Gasteiger partial charge >= 0.3 is 0 Å². The van der Waals surface area contributed by atoms with E-state index in [1.165, 1.54) is 0 Å². The minimum Gasteiger partial charge on any atom is -0.373 e. The molecule has 0 aromatic rings. The fourth-order valence-electron chi connectivity index (χ4n) is 1.62. The Kier molecular flexibility index (Phi) is 3.09. The highest BCUT2D eigenvalue weighted by molar-refractivity contribution is 4.79. The number of nitrogens with zero attached hydrogens (tertiary/aromatic N) is 1. The second-order valence-electron chi connectivity index (χ2n) is 3.26. The molecule has 1 saturated heterocycles. The van der Waals surface area contributed by atoms with E-state index < -0.39 is 0 Å². The summed E-state index contributed by atoms with van der Waals surface area (Å²) >= 11 is 0. The number of morpholine rings is 1. The maximum atomic E-state index is 5.59. The zero-order valence-electron chi connectivity index (χ0n) is 7.42. The van der Waals surface area contributed by atoms with Crippen molar-refractivity contribution >= 4 is 0 Å². The molecule has 2 atom stereocenters. The van der Waals surface area contributed by atoms with Crippen LogP contribution in [0.2, 0.25) is 0 Å². The highest BCUT2D eigenvalue weighted by atomic mass is 16.5. The molecule has 2 nitrogen and oxygen atoms in total. The minimum absolute atomic E-state index is 0.374. The van der Waals surface area contributed by atoms with E-state index in [0.717, 1.165) is 19.6 Å². The van der Waals surface area contributed by atoms with E-state index in [1.54, 1.807) is 0 Å². The summed E-state index contributed by atoms with van der Waals surface area (Å²) in [5, 5.41) is 0. The number of rotatable bonds is 2. The lowest BCUT2D eigenvalue weighted by molar-refractivity contribution is -0.0646. The fraction of sp³-hybridized carbons (Fsp3) is 0.778. The smallest absolute Gasteiger partial charge is 0.0678 e. The summed E-state index contributed by atoms with van der Waals surface area (Å²) in [7, 11) is 0. The molecular formula is C9H17NO. The zero-order chi connectivity index (χ0) is 8.27. The molecule has 1 heterocycles. The highest BCUT2D eigenvalue weighted by Gasteiger charge is 2.20. The molecule has 0 bridgehead atoms. The van der Waals surface area contributed by atoms with Gasteiger partial charge in [0.1, 0.15) is 0 Å². The Morgan fingerprint density at radius 1 is 1.45 bits per heavy atom. The largest absolute Gasteiger partial charge is 0.373 e. The summed E-state index contributed by atoms with van der Waals surface area (Å²) < 4.78 is 5.59. The first-order valence-electron chi connectivity index (χ1n) is 4.21. The molecule has 1 rings (SSSR count). The Labute approximate surface area is 68.8 Å². The summed E-state index contributed by atoms with van der Waals surface area (Å²) in [4.78, 5) is 2.37. The van der Waals surface area contributed by atoms with Crippen molar-refractivity contribution in [3.05, 3.63) is 12.7 Å². The van der Waals surface area contributed by atoms with Crippen LogP contribution >= 0.6 is 0 Å². The lowest BCUT2D eigenvalue weighted by Crippen LogP contribution is -2.45. The second-order valence-corrected chi connectivity index (χ2v) is 3.26. The SMILES string of the molecule is C=CCN1C[C@@H](C)O[C@H](C)C1. The molecule has 0 radical (unpaired) electrons. The fourth-order valence-corrected chi connectivity index (χ4v) is 1.62. The number of hydrogen-bond acceptors (Lipinski definition) is 2. The zero-order valence-corrected chi connectivity index (χ0v) is 7.42. The quantitative estimate of drug-likeness (QED) is 0.557. The van der Waals surface area contributed by atoms with Gasteiger partial charge in [0, 0.05) is 19.6 Å². The van der Waals surface area contributed by atoms with Gasteiger partial charge in [-0.2, -0.15) is 0 Å². The first-order chi connectivity index (χ1) is 5.22. The van der Waals surface area contributed by atoms with Gasteiger partial charge in [-0.05, 0) is 13.8 Å². The molecule has 11 heavy (non-hydrogen) atoms. The summed E-state index contributed by atoms with van der Waals surface area (Å²) in [6.07, 6.45) is 2.70. The predicted molar refractivity (Wildman–Crippen MR) is 46.6 cm³/mol. The second kappa shape index (κ2) is 3.88. The molecule has 1 aliphatic rings. The lowest BCUT2D eigenvalue weighted by atomic mass is 10.2. The Hall–Kier alpha value is -0.340. The third-order valence-corrected chi connectivity index (χ3v) is 1.88. The van der Waals surface area contributed by atoms with Crippen LogP contribution in [0.4, 0.5) is 0 Å². The molecule has 0 N–H and O–H groups in total. The van der Waals surface area contributed by atoms with Crippen LogP contribution in [0, 0.1) is 0 Å². The standard InChI is InChI=1S/C9H17NO/c1-4-5-10-6-8(2)11-9(3)7-10/h4,8-9H,1,5-7H2,2-3H3/t8-,9-/m1/s1. The van der Waals surface area contributed by atoms with E-state index in [0.29, 0.717) is 12.2 Å². The summed E-state index contributed by atoms with van der Waals surface area (Å²) in [5.41, 5.74) is 0. The predicted octanol–water partition coefficient (Wildman–Crippen LogP) is 1.28. The van der Waals surface area contributed by atoms with E-state index in [-0.39, 0.29) is 0 Å². The van der Waals surface area contributed by atoms with Gasteiger partial charge in [-0.25, -0.2) is 0 Å². The molecule has 0 aliphatic carbocycles. The Balaban J connectivity index is 2.36. The van der Waals surface area contributed by atoms with E-state index in [4.69, 9.17) is 4.74 Å². The van der Waals surface area contributed by atoms with Crippen LogP contribution in [0.3, 0.4) is 0 Å². The number of hydrogen-bond donors (Lipinski definition) is 0. The van der Waals surface area contributed by atoms with E-state index in [2.05, 4.69) is 25.3 Å². The van der Waals surface area contributed by atoms with Crippen LogP contribution in [-0.4, -0.2) is 36.7 Å². The van der Waals surface area contributed by atoms with Gasteiger partial charge in [0.05, 0.1) is 12.2 Å². The molecule has 0 spiro atoms. The Morgan fingerprint density at radius 2 is 2.00 bits per heavy atom. The van der Waals surface area contributed by atoms with Crippen LogP contribution in [-0.2, 0) is 4.74 Å². The van der Waals surface area contributed by atoms with Crippen molar-refractivity contribution in [2.45, 2.75) is 26.1 Å².